The van der Waals surface area contributed by atoms with Crippen LogP contribution in [-0.2, 0) is 17.6 Å². The Labute approximate surface area is 144 Å². The lowest BCUT2D eigenvalue weighted by Gasteiger charge is -2.16. The maximum atomic E-state index is 12.2. The Balaban J connectivity index is 1.57. The number of benzene rings is 2. The fourth-order valence-electron chi connectivity index (χ4n) is 3.23. The van der Waals surface area contributed by atoms with Gasteiger partial charge in [0.25, 0.3) is 5.91 Å². The van der Waals surface area contributed by atoms with Crippen LogP contribution in [0.15, 0.2) is 36.4 Å². The van der Waals surface area contributed by atoms with E-state index in [1.54, 1.807) is 0 Å². The maximum Gasteiger partial charge on any atom is 0.258 e. The number of hydrogen-bond donors (Lipinski definition) is 1. The van der Waals surface area contributed by atoms with E-state index < -0.39 is 0 Å². The van der Waals surface area contributed by atoms with Gasteiger partial charge in [0.1, 0.15) is 5.75 Å². The van der Waals surface area contributed by atoms with Gasteiger partial charge in [-0.05, 0) is 73.9 Å². The Hall–Kier alpha value is -2.29. The molecule has 3 nitrogen and oxygen atoms in total. The van der Waals surface area contributed by atoms with E-state index in [2.05, 4.69) is 23.5 Å². The van der Waals surface area contributed by atoms with Crippen molar-refractivity contribution >= 4 is 5.91 Å². The van der Waals surface area contributed by atoms with Crippen LogP contribution < -0.4 is 10.1 Å². The summed E-state index contributed by atoms with van der Waals surface area (Å²) >= 11 is 0. The second-order valence-electron chi connectivity index (χ2n) is 6.73. The smallest absolute Gasteiger partial charge is 0.258 e. The maximum absolute atomic E-state index is 12.2. The quantitative estimate of drug-likeness (QED) is 0.901. The Morgan fingerprint density at radius 2 is 1.92 bits per heavy atom. The van der Waals surface area contributed by atoms with Gasteiger partial charge in [-0.15, -0.1) is 0 Å². The third kappa shape index (κ3) is 3.78. The zero-order chi connectivity index (χ0) is 17.1. The van der Waals surface area contributed by atoms with E-state index in [-0.39, 0.29) is 18.6 Å². The first-order valence-electron chi connectivity index (χ1n) is 8.64. The van der Waals surface area contributed by atoms with Gasteiger partial charge in [-0.25, -0.2) is 0 Å². The number of ether oxygens (including phenoxy) is 1. The predicted molar refractivity (Wildman–Crippen MR) is 96.4 cm³/mol. The topological polar surface area (TPSA) is 38.3 Å². The summed E-state index contributed by atoms with van der Waals surface area (Å²) < 4.78 is 5.68. The molecule has 1 N–H and O–H groups in total. The highest BCUT2D eigenvalue weighted by molar-refractivity contribution is 5.78. The van der Waals surface area contributed by atoms with E-state index >= 15 is 0 Å². The Morgan fingerprint density at radius 1 is 1.12 bits per heavy atom. The number of aryl methyl sites for hydroxylation is 4. The molecule has 1 aliphatic carbocycles. The van der Waals surface area contributed by atoms with Gasteiger partial charge in [-0.1, -0.05) is 30.3 Å². The largest absolute Gasteiger partial charge is 0.483 e. The highest BCUT2D eigenvalue weighted by Gasteiger charge is 2.15. The van der Waals surface area contributed by atoms with Gasteiger partial charge in [0, 0.05) is 0 Å². The SMILES string of the molecule is Cc1ccc(C)c(OCC(=O)NC(C)c2ccc3c(c2)CCC3)c1. The first kappa shape index (κ1) is 16.6. The summed E-state index contributed by atoms with van der Waals surface area (Å²) in [5.74, 6) is 0.680. The minimum Gasteiger partial charge on any atom is -0.483 e. The molecular weight excluding hydrogens is 298 g/mol. The lowest BCUT2D eigenvalue weighted by atomic mass is 10.0. The summed E-state index contributed by atoms with van der Waals surface area (Å²) in [6, 6.07) is 12.6. The number of nitrogens with one attached hydrogen (secondary N) is 1. The summed E-state index contributed by atoms with van der Waals surface area (Å²) in [5, 5.41) is 3.03. The van der Waals surface area contributed by atoms with Crippen molar-refractivity contribution in [2.24, 2.45) is 0 Å². The van der Waals surface area contributed by atoms with Crippen molar-refractivity contribution in [2.45, 2.75) is 46.1 Å². The molecule has 126 valence electrons. The van der Waals surface area contributed by atoms with E-state index in [1.165, 1.54) is 24.0 Å². The first-order chi connectivity index (χ1) is 11.5. The highest BCUT2D eigenvalue weighted by atomic mass is 16.5. The van der Waals surface area contributed by atoms with Gasteiger partial charge in [-0.2, -0.15) is 0 Å². The molecule has 0 fully saturated rings. The van der Waals surface area contributed by atoms with Crippen LogP contribution in [0.5, 0.6) is 5.75 Å². The molecule has 3 heteroatoms. The molecule has 1 aliphatic rings. The summed E-state index contributed by atoms with van der Waals surface area (Å²) in [6.45, 7) is 6.06. The van der Waals surface area contributed by atoms with Gasteiger partial charge in [0.15, 0.2) is 6.61 Å². The molecule has 2 aromatic carbocycles. The van der Waals surface area contributed by atoms with Gasteiger partial charge in [0.05, 0.1) is 6.04 Å². The van der Waals surface area contributed by atoms with Crippen LogP contribution in [0.4, 0.5) is 0 Å². The summed E-state index contributed by atoms with van der Waals surface area (Å²) in [6.07, 6.45) is 3.57. The van der Waals surface area contributed by atoms with Crippen molar-refractivity contribution in [2.75, 3.05) is 6.61 Å². The van der Waals surface area contributed by atoms with Gasteiger partial charge in [0.2, 0.25) is 0 Å². The second kappa shape index (κ2) is 7.08. The van der Waals surface area contributed by atoms with E-state index in [9.17, 15) is 4.79 Å². The first-order valence-corrected chi connectivity index (χ1v) is 8.64. The van der Waals surface area contributed by atoms with E-state index in [0.29, 0.717) is 0 Å². The molecule has 0 saturated heterocycles. The number of rotatable bonds is 5. The van der Waals surface area contributed by atoms with Crippen LogP contribution in [0.25, 0.3) is 0 Å². The normalized spacial score (nSPS) is 14.1. The van der Waals surface area contributed by atoms with Crippen molar-refractivity contribution in [3.05, 3.63) is 64.2 Å². The van der Waals surface area contributed by atoms with Crippen LogP contribution in [0, 0.1) is 13.8 Å². The Morgan fingerprint density at radius 3 is 2.75 bits per heavy atom. The van der Waals surface area contributed by atoms with E-state index in [1.807, 2.05) is 39.0 Å². The number of amides is 1. The molecule has 1 unspecified atom stereocenters. The summed E-state index contributed by atoms with van der Waals surface area (Å²) in [5.41, 5.74) is 6.22. The average Bonchev–Trinajstić information content (AvgIpc) is 3.03. The summed E-state index contributed by atoms with van der Waals surface area (Å²) in [4.78, 5) is 12.2. The molecular formula is C21H25NO2. The molecule has 0 radical (unpaired) electrons. The van der Waals surface area contributed by atoms with E-state index in [0.717, 1.165) is 28.9 Å². The molecule has 0 spiro atoms. The van der Waals surface area contributed by atoms with Crippen molar-refractivity contribution < 1.29 is 9.53 Å². The van der Waals surface area contributed by atoms with Crippen LogP contribution in [0.3, 0.4) is 0 Å². The third-order valence-electron chi connectivity index (χ3n) is 4.70. The van der Waals surface area contributed by atoms with Crippen molar-refractivity contribution in [1.82, 2.24) is 5.32 Å². The minimum atomic E-state index is -0.0936. The zero-order valence-corrected chi connectivity index (χ0v) is 14.7. The molecule has 3 rings (SSSR count). The van der Waals surface area contributed by atoms with Crippen LogP contribution in [0.2, 0.25) is 0 Å². The lowest BCUT2D eigenvalue weighted by Crippen LogP contribution is -2.31. The van der Waals surface area contributed by atoms with Gasteiger partial charge in [-0.3, -0.25) is 4.79 Å². The Kier molecular flexibility index (Phi) is 4.89. The van der Waals surface area contributed by atoms with Crippen LogP contribution in [0.1, 0.15) is 47.2 Å². The van der Waals surface area contributed by atoms with E-state index in [4.69, 9.17) is 4.74 Å². The second-order valence-corrected chi connectivity index (χ2v) is 6.73. The molecule has 0 aromatic heterocycles. The molecule has 2 aromatic rings. The lowest BCUT2D eigenvalue weighted by molar-refractivity contribution is -0.123. The molecule has 0 aliphatic heterocycles. The third-order valence-corrected chi connectivity index (χ3v) is 4.70. The van der Waals surface area contributed by atoms with Gasteiger partial charge >= 0.3 is 0 Å². The van der Waals surface area contributed by atoms with Crippen molar-refractivity contribution in [1.29, 1.82) is 0 Å². The zero-order valence-electron chi connectivity index (χ0n) is 14.7. The number of fused-ring (bicyclic) bond motifs is 1. The van der Waals surface area contributed by atoms with Crippen molar-refractivity contribution in [3.63, 3.8) is 0 Å². The number of carbonyl (C=O) groups is 1. The molecule has 0 bridgehead atoms. The number of hydrogen-bond acceptors (Lipinski definition) is 2. The predicted octanol–water partition coefficient (Wildman–Crippen LogP) is 4.05. The summed E-state index contributed by atoms with van der Waals surface area (Å²) in [7, 11) is 0. The molecule has 1 atom stereocenters. The van der Waals surface area contributed by atoms with Crippen LogP contribution in [-0.4, -0.2) is 12.5 Å². The minimum absolute atomic E-state index is 0.00870. The fraction of sp³-hybridized carbons (Fsp3) is 0.381. The molecule has 24 heavy (non-hydrogen) atoms. The average molecular weight is 323 g/mol. The fourth-order valence-corrected chi connectivity index (χ4v) is 3.23. The molecule has 1 amide bonds. The molecule has 0 saturated carbocycles. The standard InChI is InChI=1S/C21H25NO2/c1-14-7-8-15(2)20(11-14)24-13-21(23)22-16(3)18-10-9-17-5-4-6-19(17)12-18/h7-12,16H,4-6,13H2,1-3H3,(H,22,23). The number of carbonyl (C=O) groups excluding carboxylic acids is 1. The molecule has 0 heterocycles. The highest BCUT2D eigenvalue weighted by Crippen LogP contribution is 2.25. The van der Waals surface area contributed by atoms with Crippen LogP contribution >= 0.6 is 0 Å². The van der Waals surface area contributed by atoms with Gasteiger partial charge < -0.3 is 10.1 Å². The van der Waals surface area contributed by atoms with Crippen molar-refractivity contribution in [3.8, 4) is 5.75 Å². The monoisotopic (exact) mass is 323 g/mol. The Bertz CT molecular complexity index is 751.